The first kappa shape index (κ1) is 16.8. The quantitative estimate of drug-likeness (QED) is 0.496. The molecule has 0 aromatic heterocycles. The molecular formula is C16H21NO4S. The van der Waals surface area contributed by atoms with E-state index in [1.165, 1.54) is 0 Å². The highest BCUT2D eigenvalue weighted by Gasteiger charge is 2.42. The van der Waals surface area contributed by atoms with Crippen molar-refractivity contribution in [1.82, 2.24) is 0 Å². The summed E-state index contributed by atoms with van der Waals surface area (Å²) >= 11 is -2.23. The van der Waals surface area contributed by atoms with Gasteiger partial charge in [0.05, 0.1) is 5.41 Å². The summed E-state index contributed by atoms with van der Waals surface area (Å²) < 4.78 is 24.5. The lowest BCUT2D eigenvalue weighted by molar-refractivity contribution is -0.439. The van der Waals surface area contributed by atoms with Gasteiger partial charge in [-0.2, -0.15) is 4.58 Å². The Morgan fingerprint density at radius 1 is 1.36 bits per heavy atom. The fourth-order valence-electron chi connectivity index (χ4n) is 2.90. The predicted molar refractivity (Wildman–Crippen MR) is 83.6 cm³/mol. The molecule has 1 aromatic rings. The molecule has 1 aromatic carbocycles. The summed E-state index contributed by atoms with van der Waals surface area (Å²) in [5, 5.41) is 8.70. The minimum absolute atomic E-state index is 0.178. The summed E-state index contributed by atoms with van der Waals surface area (Å²) in [6.45, 7) is 6.95. The van der Waals surface area contributed by atoms with Crippen LogP contribution in [0.3, 0.4) is 0 Å². The third kappa shape index (κ3) is 3.13. The Hall–Kier alpha value is -1.53. The minimum atomic E-state index is -2.23. The van der Waals surface area contributed by atoms with E-state index in [1.807, 2.05) is 13.0 Å². The average molecular weight is 323 g/mol. The van der Waals surface area contributed by atoms with Crippen LogP contribution in [0, 0.1) is 0 Å². The summed E-state index contributed by atoms with van der Waals surface area (Å²) in [5.41, 5.74) is 2.96. The van der Waals surface area contributed by atoms with Crippen molar-refractivity contribution >= 4 is 28.4 Å². The monoisotopic (exact) mass is 323 g/mol. The lowest BCUT2D eigenvalue weighted by Gasteiger charge is -2.16. The number of aliphatic carboxylic acids is 1. The van der Waals surface area contributed by atoms with Crippen LogP contribution in [-0.4, -0.2) is 36.7 Å². The molecule has 1 unspecified atom stereocenters. The molecule has 22 heavy (non-hydrogen) atoms. The Bertz CT molecular complexity index is 664. The molecule has 0 radical (unpaired) electrons. The molecule has 6 heteroatoms. The van der Waals surface area contributed by atoms with E-state index in [9.17, 15) is 13.6 Å². The van der Waals surface area contributed by atoms with E-state index in [1.54, 1.807) is 12.1 Å². The third-order valence-corrected chi connectivity index (χ3v) is 5.10. The van der Waals surface area contributed by atoms with Gasteiger partial charge in [0.2, 0.25) is 5.69 Å². The van der Waals surface area contributed by atoms with E-state index in [0.29, 0.717) is 11.3 Å². The normalized spacial score (nSPS) is 17.5. The van der Waals surface area contributed by atoms with Gasteiger partial charge >= 0.3 is 5.97 Å². The Labute approximate surface area is 133 Å². The number of carboxylic acids is 1. The molecule has 0 aliphatic carbocycles. The van der Waals surface area contributed by atoms with Gasteiger partial charge in [0, 0.05) is 36.3 Å². The molecule has 2 rings (SSSR count). The zero-order valence-corrected chi connectivity index (χ0v) is 13.9. The van der Waals surface area contributed by atoms with Crippen LogP contribution >= 0.6 is 0 Å². The smallest absolute Gasteiger partial charge is 0.303 e. The number of rotatable bonds is 6. The number of carbonyl (C=O) groups is 1. The number of nitrogens with zero attached hydrogens (tertiary/aromatic N) is 1. The van der Waals surface area contributed by atoms with E-state index in [0.717, 1.165) is 29.9 Å². The average Bonchev–Trinajstić information content (AvgIpc) is 2.63. The van der Waals surface area contributed by atoms with Crippen molar-refractivity contribution in [3.05, 3.63) is 23.8 Å². The minimum Gasteiger partial charge on any atom is -0.768 e. The number of hydrogen-bond acceptors (Lipinski definition) is 3. The van der Waals surface area contributed by atoms with Crippen molar-refractivity contribution in [2.24, 2.45) is 0 Å². The molecule has 1 aliphatic heterocycles. The highest BCUT2D eigenvalue weighted by atomic mass is 32.2. The summed E-state index contributed by atoms with van der Waals surface area (Å²) in [5.74, 6) is -0.773. The molecule has 1 atom stereocenters. The van der Waals surface area contributed by atoms with Crippen molar-refractivity contribution in [3.63, 3.8) is 0 Å². The van der Waals surface area contributed by atoms with Gasteiger partial charge in [-0.15, -0.1) is 0 Å². The van der Waals surface area contributed by atoms with Crippen molar-refractivity contribution in [3.8, 4) is 0 Å². The largest absolute Gasteiger partial charge is 0.768 e. The van der Waals surface area contributed by atoms with Crippen LogP contribution in [0.5, 0.6) is 0 Å². The Kier molecular flexibility index (Phi) is 4.82. The van der Waals surface area contributed by atoms with Gasteiger partial charge in [-0.05, 0) is 43.5 Å². The molecule has 0 saturated carbocycles. The molecule has 1 heterocycles. The number of benzene rings is 1. The van der Waals surface area contributed by atoms with E-state index < -0.39 is 17.0 Å². The van der Waals surface area contributed by atoms with E-state index >= 15 is 0 Å². The maximum Gasteiger partial charge on any atom is 0.303 e. The number of fused-ring (bicyclic) bond motifs is 1. The first-order valence-corrected chi connectivity index (χ1v) is 8.40. The van der Waals surface area contributed by atoms with Crippen LogP contribution in [-0.2, 0) is 21.3 Å². The Balaban J connectivity index is 2.27. The lowest BCUT2D eigenvalue weighted by atomic mass is 9.82. The van der Waals surface area contributed by atoms with Gasteiger partial charge in [-0.1, -0.05) is 0 Å². The zero-order chi connectivity index (χ0) is 16.5. The molecule has 120 valence electrons. The second-order valence-corrected chi connectivity index (χ2v) is 7.07. The second-order valence-electron chi connectivity index (χ2n) is 6.13. The molecule has 0 fully saturated rings. The van der Waals surface area contributed by atoms with Crippen LogP contribution in [0.1, 0.15) is 45.6 Å². The fourth-order valence-corrected chi connectivity index (χ4v) is 3.30. The maximum atomic E-state index is 11.2. The molecule has 1 N–H and O–H groups in total. The topological polar surface area (TPSA) is 80.4 Å². The molecule has 0 saturated heterocycles. The van der Waals surface area contributed by atoms with E-state index in [-0.39, 0.29) is 11.8 Å². The number of carboxylic acid groups (broad SMARTS) is 1. The summed E-state index contributed by atoms with van der Waals surface area (Å²) in [6.07, 6.45) is 1.60. The van der Waals surface area contributed by atoms with Crippen LogP contribution in [0.25, 0.3) is 0 Å². The Morgan fingerprint density at radius 2 is 2.05 bits per heavy atom. The van der Waals surface area contributed by atoms with Gasteiger partial charge in [-0.25, -0.2) is 0 Å². The summed E-state index contributed by atoms with van der Waals surface area (Å²) in [6, 6.07) is 5.19. The molecule has 5 nitrogen and oxygen atoms in total. The second kappa shape index (κ2) is 6.30. The lowest BCUT2D eigenvalue weighted by Crippen LogP contribution is -2.26. The van der Waals surface area contributed by atoms with Gasteiger partial charge in [0.1, 0.15) is 6.54 Å². The SMILES string of the molecule is CC1=[N+](CCCCC(=O)O)c2ccc(S(=O)[O-])cc2C1(C)C. The van der Waals surface area contributed by atoms with Crippen molar-refractivity contribution in [1.29, 1.82) is 0 Å². The molecule has 1 aliphatic rings. The van der Waals surface area contributed by atoms with Crippen LogP contribution < -0.4 is 0 Å². The van der Waals surface area contributed by atoms with E-state index in [4.69, 9.17) is 5.11 Å². The zero-order valence-electron chi connectivity index (χ0n) is 13.1. The van der Waals surface area contributed by atoms with E-state index in [2.05, 4.69) is 18.4 Å². The van der Waals surface area contributed by atoms with Crippen LogP contribution in [0.2, 0.25) is 0 Å². The Morgan fingerprint density at radius 3 is 2.64 bits per heavy atom. The fraction of sp³-hybridized carbons (Fsp3) is 0.500. The highest BCUT2D eigenvalue weighted by Crippen LogP contribution is 2.40. The molecule has 0 amide bonds. The highest BCUT2D eigenvalue weighted by molar-refractivity contribution is 7.79. The number of unbranched alkanes of at least 4 members (excludes halogenated alkanes) is 1. The number of hydrogen-bond donors (Lipinski definition) is 1. The summed E-state index contributed by atoms with van der Waals surface area (Å²) in [4.78, 5) is 10.9. The van der Waals surface area contributed by atoms with Crippen LogP contribution in [0.15, 0.2) is 23.1 Å². The first-order chi connectivity index (χ1) is 10.2. The van der Waals surface area contributed by atoms with Gasteiger partial charge in [0.25, 0.3) is 0 Å². The van der Waals surface area contributed by atoms with Crippen molar-refractivity contribution < 1.29 is 23.2 Å². The third-order valence-electron chi connectivity index (χ3n) is 4.46. The van der Waals surface area contributed by atoms with Gasteiger partial charge in [0.15, 0.2) is 5.71 Å². The van der Waals surface area contributed by atoms with Crippen molar-refractivity contribution in [2.75, 3.05) is 6.54 Å². The van der Waals surface area contributed by atoms with Crippen molar-refractivity contribution in [2.45, 2.75) is 50.3 Å². The standard InChI is InChI=1S/C16H21NO4S/c1-11-16(2,3)13-10-12(22(20)21)7-8-14(13)17(11)9-5-4-6-15(18)19/h7-8,10H,4-6,9H2,1-3H3,(H-,18,19,20,21). The first-order valence-electron chi connectivity index (χ1n) is 7.32. The van der Waals surface area contributed by atoms with Gasteiger partial charge in [-0.3, -0.25) is 9.00 Å². The maximum absolute atomic E-state index is 11.2. The molecule has 0 spiro atoms. The van der Waals surface area contributed by atoms with Gasteiger partial charge < -0.3 is 9.66 Å². The summed E-state index contributed by atoms with van der Waals surface area (Å²) in [7, 11) is 0. The molecule has 0 bridgehead atoms. The van der Waals surface area contributed by atoms with Crippen LogP contribution in [0.4, 0.5) is 5.69 Å². The predicted octanol–water partition coefficient (Wildman–Crippen LogP) is 2.58. The molecular weight excluding hydrogens is 302 g/mol.